The highest BCUT2D eigenvalue weighted by atomic mass is 35.5. The number of hydrogen-bond donors (Lipinski definition) is 1. The third-order valence-corrected chi connectivity index (χ3v) is 6.43. The molecular weight excluding hydrogens is 448 g/mol. The predicted octanol–water partition coefficient (Wildman–Crippen LogP) is 4.44. The second kappa shape index (κ2) is 8.74. The van der Waals surface area contributed by atoms with Crippen molar-refractivity contribution in [2.75, 3.05) is 31.6 Å². The number of ether oxygens (including phenoxy) is 1. The Morgan fingerprint density at radius 3 is 2.72 bits per heavy atom. The summed E-state index contributed by atoms with van der Waals surface area (Å²) in [6.45, 7) is 2.29. The van der Waals surface area contributed by atoms with Crippen LogP contribution in [0.5, 0.6) is 0 Å². The molecule has 0 unspecified atom stereocenters. The first-order valence-corrected chi connectivity index (χ1v) is 11.4. The van der Waals surface area contributed by atoms with E-state index in [1.165, 1.54) is 11.3 Å². The number of halogens is 1. The minimum Gasteiger partial charge on any atom is -0.378 e. The largest absolute Gasteiger partial charge is 0.378 e. The van der Waals surface area contributed by atoms with Gasteiger partial charge in [0.15, 0.2) is 4.96 Å². The van der Waals surface area contributed by atoms with Gasteiger partial charge in [0, 0.05) is 35.9 Å². The zero-order chi connectivity index (χ0) is 22.1. The lowest BCUT2D eigenvalue weighted by Crippen LogP contribution is -2.41. The summed E-state index contributed by atoms with van der Waals surface area (Å²) in [4.78, 5) is 32.7. The van der Waals surface area contributed by atoms with Gasteiger partial charge in [0.1, 0.15) is 5.69 Å². The summed E-state index contributed by atoms with van der Waals surface area (Å²) < 4.78 is 7.17. The van der Waals surface area contributed by atoms with Gasteiger partial charge >= 0.3 is 0 Å². The number of rotatable bonds is 4. The van der Waals surface area contributed by atoms with Crippen LogP contribution in [0.3, 0.4) is 0 Å². The molecule has 1 aliphatic heterocycles. The fourth-order valence-electron chi connectivity index (χ4n) is 3.61. The van der Waals surface area contributed by atoms with Crippen LogP contribution in [0.1, 0.15) is 20.8 Å². The van der Waals surface area contributed by atoms with Crippen LogP contribution in [0.4, 0.5) is 5.69 Å². The Morgan fingerprint density at radius 1 is 1.09 bits per heavy atom. The number of fused-ring (bicyclic) bond motifs is 1. The molecule has 2 amide bonds. The van der Waals surface area contributed by atoms with Crippen molar-refractivity contribution in [2.45, 2.75) is 0 Å². The summed E-state index contributed by atoms with van der Waals surface area (Å²) in [7, 11) is 0. The Kier molecular flexibility index (Phi) is 5.65. The average molecular weight is 467 g/mol. The van der Waals surface area contributed by atoms with Crippen LogP contribution in [0.25, 0.3) is 16.2 Å². The van der Waals surface area contributed by atoms with Crippen LogP contribution in [0.2, 0.25) is 5.02 Å². The van der Waals surface area contributed by atoms with Gasteiger partial charge < -0.3 is 15.0 Å². The van der Waals surface area contributed by atoms with Crippen LogP contribution in [-0.2, 0) is 4.74 Å². The smallest absolute Gasteiger partial charge is 0.271 e. The number of carbonyl (C=O) groups is 2. The van der Waals surface area contributed by atoms with Gasteiger partial charge in [-0.3, -0.25) is 14.0 Å². The predicted molar refractivity (Wildman–Crippen MR) is 125 cm³/mol. The summed E-state index contributed by atoms with van der Waals surface area (Å²) >= 11 is 7.56. The van der Waals surface area contributed by atoms with E-state index in [0.29, 0.717) is 48.3 Å². The molecule has 1 aliphatic rings. The van der Waals surface area contributed by atoms with Crippen LogP contribution in [-0.4, -0.2) is 52.4 Å². The van der Waals surface area contributed by atoms with E-state index in [4.69, 9.17) is 16.3 Å². The summed E-state index contributed by atoms with van der Waals surface area (Å²) in [5.74, 6) is -0.304. The third-order valence-electron chi connectivity index (χ3n) is 5.26. The summed E-state index contributed by atoms with van der Waals surface area (Å²) in [6, 6.07) is 14.3. The van der Waals surface area contributed by atoms with E-state index in [9.17, 15) is 9.59 Å². The molecule has 7 nitrogen and oxygen atoms in total. The average Bonchev–Trinajstić information content (AvgIpc) is 3.41. The van der Waals surface area contributed by atoms with Gasteiger partial charge in [-0.15, -0.1) is 11.3 Å². The Bertz CT molecular complexity index is 1310. The van der Waals surface area contributed by atoms with Crippen LogP contribution < -0.4 is 5.32 Å². The van der Waals surface area contributed by atoms with Crippen molar-refractivity contribution in [1.29, 1.82) is 0 Å². The molecule has 9 heteroatoms. The molecule has 3 heterocycles. The first-order chi connectivity index (χ1) is 15.6. The molecule has 32 heavy (non-hydrogen) atoms. The Balaban J connectivity index is 1.40. The van der Waals surface area contributed by atoms with Gasteiger partial charge in [-0.1, -0.05) is 35.9 Å². The number of thiazole rings is 1. The Morgan fingerprint density at radius 2 is 1.91 bits per heavy atom. The van der Waals surface area contributed by atoms with E-state index < -0.39 is 0 Å². The number of amides is 2. The lowest BCUT2D eigenvalue weighted by atomic mass is 10.1. The van der Waals surface area contributed by atoms with Gasteiger partial charge in [-0.2, -0.15) is 0 Å². The number of carbonyl (C=O) groups excluding carboxylic acids is 2. The molecule has 5 rings (SSSR count). The highest BCUT2D eigenvalue weighted by molar-refractivity contribution is 7.15. The molecular formula is C23H19ClN4O3S. The molecule has 0 saturated carbocycles. The minimum atomic E-state index is -0.281. The maximum absolute atomic E-state index is 12.9. The normalized spacial score (nSPS) is 14.0. The number of benzene rings is 2. The van der Waals surface area contributed by atoms with E-state index in [1.54, 1.807) is 29.2 Å². The molecule has 0 bridgehead atoms. The topological polar surface area (TPSA) is 75.9 Å². The SMILES string of the molecule is O=C(Nc1cccc(-c2cn3c(C(=O)N4CCOCC4)csc3n2)c1)c1ccccc1Cl. The molecule has 1 fully saturated rings. The molecule has 4 aromatic rings. The standard InChI is InChI=1S/C23H19ClN4O3S/c24-18-7-2-1-6-17(18)21(29)25-16-5-3-4-15(12-16)19-13-28-20(14-32-23(28)26-19)22(30)27-8-10-31-11-9-27/h1-7,12-14H,8-11H2,(H,25,29). The number of morpholine rings is 1. The summed E-state index contributed by atoms with van der Waals surface area (Å²) in [6.07, 6.45) is 1.86. The first-order valence-electron chi connectivity index (χ1n) is 10.1. The number of hydrogen-bond acceptors (Lipinski definition) is 5. The molecule has 0 atom stereocenters. The van der Waals surface area contributed by atoms with Crippen molar-refractivity contribution in [1.82, 2.24) is 14.3 Å². The summed E-state index contributed by atoms with van der Waals surface area (Å²) in [5.41, 5.74) is 3.19. The van der Waals surface area contributed by atoms with Crippen molar-refractivity contribution in [3.05, 3.63) is 76.4 Å². The van der Waals surface area contributed by atoms with E-state index in [0.717, 1.165) is 16.2 Å². The fraction of sp³-hybridized carbons (Fsp3) is 0.174. The van der Waals surface area contributed by atoms with Crippen molar-refractivity contribution in [3.63, 3.8) is 0 Å². The number of anilines is 1. The van der Waals surface area contributed by atoms with Crippen LogP contribution >= 0.6 is 22.9 Å². The lowest BCUT2D eigenvalue weighted by Gasteiger charge is -2.26. The first kappa shape index (κ1) is 20.7. The molecule has 162 valence electrons. The van der Waals surface area contributed by atoms with Crippen molar-refractivity contribution < 1.29 is 14.3 Å². The van der Waals surface area contributed by atoms with Crippen molar-refractivity contribution >= 4 is 45.4 Å². The van der Waals surface area contributed by atoms with Crippen LogP contribution in [0.15, 0.2) is 60.1 Å². The minimum absolute atomic E-state index is 0.0238. The van der Waals surface area contributed by atoms with E-state index in [1.807, 2.05) is 40.2 Å². The van der Waals surface area contributed by atoms with Gasteiger partial charge in [0.25, 0.3) is 11.8 Å². The molecule has 2 aromatic heterocycles. The number of imidazole rings is 1. The van der Waals surface area contributed by atoms with Gasteiger partial charge in [0.2, 0.25) is 0 Å². The summed E-state index contributed by atoms with van der Waals surface area (Å²) in [5, 5.41) is 5.12. The number of nitrogens with one attached hydrogen (secondary N) is 1. The molecule has 2 aromatic carbocycles. The second-order valence-corrected chi connectivity index (χ2v) is 8.56. The van der Waals surface area contributed by atoms with Crippen LogP contribution in [0, 0.1) is 0 Å². The van der Waals surface area contributed by atoms with Gasteiger partial charge in [0.05, 0.1) is 29.5 Å². The van der Waals surface area contributed by atoms with E-state index in [2.05, 4.69) is 10.3 Å². The van der Waals surface area contributed by atoms with Crippen molar-refractivity contribution in [3.8, 4) is 11.3 Å². The van der Waals surface area contributed by atoms with Gasteiger partial charge in [-0.05, 0) is 24.3 Å². The molecule has 1 N–H and O–H groups in total. The molecule has 1 saturated heterocycles. The lowest BCUT2D eigenvalue weighted by molar-refractivity contribution is 0.0298. The Hall–Kier alpha value is -3.20. The number of nitrogens with zero attached hydrogens (tertiary/aromatic N) is 3. The second-order valence-electron chi connectivity index (χ2n) is 7.32. The van der Waals surface area contributed by atoms with E-state index in [-0.39, 0.29) is 11.8 Å². The third kappa shape index (κ3) is 4.00. The van der Waals surface area contributed by atoms with E-state index >= 15 is 0 Å². The highest BCUT2D eigenvalue weighted by Gasteiger charge is 2.22. The highest BCUT2D eigenvalue weighted by Crippen LogP contribution is 2.27. The fourth-order valence-corrected chi connectivity index (χ4v) is 4.67. The Labute approximate surface area is 193 Å². The molecule has 0 radical (unpaired) electrons. The molecule has 0 spiro atoms. The zero-order valence-electron chi connectivity index (χ0n) is 17.0. The monoisotopic (exact) mass is 466 g/mol. The quantitative estimate of drug-likeness (QED) is 0.482. The maximum Gasteiger partial charge on any atom is 0.271 e. The number of aromatic nitrogens is 2. The maximum atomic E-state index is 12.9. The van der Waals surface area contributed by atoms with Gasteiger partial charge in [-0.25, -0.2) is 4.98 Å². The molecule has 0 aliphatic carbocycles. The zero-order valence-corrected chi connectivity index (χ0v) is 18.5. The van der Waals surface area contributed by atoms with Crippen molar-refractivity contribution in [2.24, 2.45) is 0 Å².